The van der Waals surface area contributed by atoms with Crippen molar-refractivity contribution < 1.29 is 8.42 Å². The van der Waals surface area contributed by atoms with E-state index < -0.39 is 10.0 Å². The Morgan fingerprint density at radius 3 is 2.21 bits per heavy atom. The zero-order chi connectivity index (χ0) is 17.0. The van der Waals surface area contributed by atoms with Gasteiger partial charge in [0.25, 0.3) is 0 Å². The molecule has 3 nitrogen and oxygen atoms in total. The Morgan fingerprint density at radius 1 is 1.04 bits per heavy atom. The molecule has 0 spiro atoms. The van der Waals surface area contributed by atoms with Gasteiger partial charge in [0.1, 0.15) is 0 Å². The molecule has 2 aromatic rings. The molecular formula is C20H23NO2S. The van der Waals surface area contributed by atoms with E-state index in [9.17, 15) is 8.42 Å². The van der Waals surface area contributed by atoms with Crippen molar-refractivity contribution in [3.05, 3.63) is 77.2 Å². The number of rotatable bonds is 7. The van der Waals surface area contributed by atoms with Crippen LogP contribution in [0.4, 0.5) is 0 Å². The smallest absolute Gasteiger partial charge is 0.207 e. The summed E-state index contributed by atoms with van der Waals surface area (Å²) >= 11 is 0. The lowest BCUT2D eigenvalue weighted by Gasteiger charge is -2.27. The Bertz CT molecular complexity index is 781. The summed E-state index contributed by atoms with van der Waals surface area (Å²) in [4.78, 5) is 0. The quantitative estimate of drug-likeness (QED) is 0.753. The first kappa shape index (κ1) is 16.9. The van der Waals surface area contributed by atoms with Crippen LogP contribution in [0.25, 0.3) is 6.08 Å². The molecule has 126 valence electrons. The third-order valence-electron chi connectivity index (χ3n) is 4.50. The SMILES string of the molecule is CC(C1CC1)N(Cc1ccccc1)S(=O)(=O)/C=C/c1ccccc1. The lowest BCUT2D eigenvalue weighted by atomic mass is 10.2. The molecule has 1 fully saturated rings. The van der Waals surface area contributed by atoms with Crippen molar-refractivity contribution in [2.24, 2.45) is 5.92 Å². The van der Waals surface area contributed by atoms with Crippen molar-refractivity contribution in [1.29, 1.82) is 0 Å². The Kier molecular flexibility index (Phi) is 5.17. The van der Waals surface area contributed by atoms with E-state index in [1.165, 1.54) is 5.41 Å². The molecule has 0 bridgehead atoms. The van der Waals surface area contributed by atoms with Crippen LogP contribution in [0, 0.1) is 5.92 Å². The first-order valence-corrected chi connectivity index (χ1v) is 9.85. The second kappa shape index (κ2) is 7.32. The number of sulfonamides is 1. The molecule has 0 aliphatic heterocycles. The van der Waals surface area contributed by atoms with Crippen LogP contribution in [0.3, 0.4) is 0 Å². The summed E-state index contributed by atoms with van der Waals surface area (Å²) in [5.41, 5.74) is 1.90. The molecule has 24 heavy (non-hydrogen) atoms. The summed E-state index contributed by atoms with van der Waals surface area (Å²) in [6.07, 6.45) is 3.90. The van der Waals surface area contributed by atoms with Gasteiger partial charge in [0, 0.05) is 18.0 Å². The standard InChI is InChI=1S/C20H23NO2S/c1-17(20-12-13-20)21(16-19-10-6-3-7-11-19)24(22,23)15-14-18-8-4-2-5-9-18/h2-11,14-15,17,20H,12-13,16H2,1H3/b15-14+. The van der Waals surface area contributed by atoms with Gasteiger partial charge in [-0.2, -0.15) is 4.31 Å². The zero-order valence-electron chi connectivity index (χ0n) is 13.9. The highest BCUT2D eigenvalue weighted by molar-refractivity contribution is 7.92. The van der Waals surface area contributed by atoms with Crippen molar-refractivity contribution in [3.8, 4) is 0 Å². The first-order chi connectivity index (χ1) is 11.6. The van der Waals surface area contributed by atoms with Crippen LogP contribution in [0.2, 0.25) is 0 Å². The molecule has 1 aliphatic rings. The summed E-state index contributed by atoms with van der Waals surface area (Å²) in [7, 11) is -3.47. The maximum atomic E-state index is 12.9. The molecule has 4 heteroatoms. The topological polar surface area (TPSA) is 37.4 Å². The average molecular weight is 341 g/mol. The number of hydrogen-bond acceptors (Lipinski definition) is 2. The van der Waals surface area contributed by atoms with E-state index in [0.29, 0.717) is 12.5 Å². The fourth-order valence-electron chi connectivity index (χ4n) is 2.85. The van der Waals surface area contributed by atoms with Gasteiger partial charge in [0.15, 0.2) is 0 Å². The highest BCUT2D eigenvalue weighted by Gasteiger charge is 2.36. The van der Waals surface area contributed by atoms with Crippen molar-refractivity contribution >= 4 is 16.1 Å². The van der Waals surface area contributed by atoms with Crippen molar-refractivity contribution in [2.45, 2.75) is 32.4 Å². The fraction of sp³-hybridized carbons (Fsp3) is 0.300. The fourth-order valence-corrected chi connectivity index (χ4v) is 4.30. The van der Waals surface area contributed by atoms with E-state index in [1.54, 1.807) is 10.4 Å². The van der Waals surface area contributed by atoms with Gasteiger partial charge in [-0.3, -0.25) is 0 Å². The van der Waals surface area contributed by atoms with Gasteiger partial charge >= 0.3 is 0 Å². The van der Waals surface area contributed by atoms with Gasteiger partial charge in [0.05, 0.1) is 0 Å². The maximum Gasteiger partial charge on any atom is 0.236 e. The minimum absolute atomic E-state index is 0.0237. The average Bonchev–Trinajstić information content (AvgIpc) is 3.44. The van der Waals surface area contributed by atoms with Crippen LogP contribution < -0.4 is 0 Å². The summed E-state index contributed by atoms with van der Waals surface area (Å²) < 4.78 is 27.5. The van der Waals surface area contributed by atoms with Gasteiger partial charge in [-0.1, -0.05) is 60.7 Å². The molecule has 0 heterocycles. The number of hydrogen-bond donors (Lipinski definition) is 0. The van der Waals surface area contributed by atoms with Gasteiger partial charge in [-0.15, -0.1) is 0 Å². The molecule has 0 N–H and O–H groups in total. The summed E-state index contributed by atoms with van der Waals surface area (Å²) in [6.45, 7) is 2.44. The van der Waals surface area contributed by atoms with E-state index in [4.69, 9.17) is 0 Å². The van der Waals surface area contributed by atoms with Gasteiger partial charge in [-0.05, 0) is 42.9 Å². The van der Waals surface area contributed by atoms with Crippen LogP contribution >= 0.6 is 0 Å². The molecule has 1 unspecified atom stereocenters. The summed E-state index contributed by atoms with van der Waals surface area (Å²) in [6, 6.07) is 19.3. The molecule has 1 atom stereocenters. The Labute approximate surface area is 144 Å². The van der Waals surface area contributed by atoms with Crippen LogP contribution in [0.15, 0.2) is 66.1 Å². The first-order valence-electron chi connectivity index (χ1n) is 8.35. The third-order valence-corrected chi connectivity index (χ3v) is 6.09. The van der Waals surface area contributed by atoms with Crippen molar-refractivity contribution in [2.75, 3.05) is 0 Å². The van der Waals surface area contributed by atoms with Crippen LogP contribution in [0.1, 0.15) is 30.9 Å². The largest absolute Gasteiger partial charge is 0.236 e. The third kappa shape index (κ3) is 4.34. The van der Waals surface area contributed by atoms with Crippen molar-refractivity contribution in [3.63, 3.8) is 0 Å². The molecule has 3 rings (SSSR count). The van der Waals surface area contributed by atoms with E-state index >= 15 is 0 Å². The van der Waals surface area contributed by atoms with E-state index in [2.05, 4.69) is 0 Å². The van der Waals surface area contributed by atoms with Crippen LogP contribution in [-0.2, 0) is 16.6 Å². The molecule has 0 aromatic heterocycles. The summed E-state index contributed by atoms with van der Waals surface area (Å²) in [5.74, 6) is 0.480. The maximum absolute atomic E-state index is 12.9. The lowest BCUT2D eigenvalue weighted by Crippen LogP contribution is -2.38. The number of nitrogens with zero attached hydrogens (tertiary/aromatic N) is 1. The normalized spacial score (nSPS) is 16.6. The van der Waals surface area contributed by atoms with Crippen LogP contribution in [0.5, 0.6) is 0 Å². The monoisotopic (exact) mass is 341 g/mol. The highest BCUT2D eigenvalue weighted by atomic mass is 32.2. The second-order valence-electron chi connectivity index (χ2n) is 6.37. The highest BCUT2D eigenvalue weighted by Crippen LogP contribution is 2.37. The molecule has 0 amide bonds. The molecule has 1 saturated carbocycles. The van der Waals surface area contributed by atoms with Gasteiger partial charge < -0.3 is 0 Å². The van der Waals surface area contributed by atoms with E-state index in [0.717, 1.165) is 24.0 Å². The van der Waals surface area contributed by atoms with Crippen LogP contribution in [-0.4, -0.2) is 18.8 Å². The molecular weight excluding hydrogens is 318 g/mol. The zero-order valence-corrected chi connectivity index (χ0v) is 14.7. The van der Waals surface area contributed by atoms with E-state index in [-0.39, 0.29) is 6.04 Å². The molecule has 1 aliphatic carbocycles. The van der Waals surface area contributed by atoms with E-state index in [1.807, 2.05) is 67.6 Å². The Morgan fingerprint density at radius 2 is 1.62 bits per heavy atom. The molecule has 2 aromatic carbocycles. The lowest BCUT2D eigenvalue weighted by molar-refractivity contribution is 0.307. The molecule has 0 radical (unpaired) electrons. The van der Waals surface area contributed by atoms with Gasteiger partial charge in [-0.25, -0.2) is 8.42 Å². The minimum atomic E-state index is -3.47. The summed E-state index contributed by atoms with van der Waals surface area (Å²) in [5, 5.41) is 1.34. The Hall–Kier alpha value is -1.91. The number of benzene rings is 2. The second-order valence-corrected chi connectivity index (χ2v) is 8.14. The van der Waals surface area contributed by atoms with Gasteiger partial charge in [0.2, 0.25) is 10.0 Å². The predicted octanol–water partition coefficient (Wildman–Crippen LogP) is 4.29. The predicted molar refractivity (Wildman–Crippen MR) is 98.6 cm³/mol. The molecule has 0 saturated heterocycles. The minimum Gasteiger partial charge on any atom is -0.207 e. The van der Waals surface area contributed by atoms with Crippen molar-refractivity contribution in [1.82, 2.24) is 4.31 Å². The Balaban J connectivity index is 1.84.